The minimum absolute atomic E-state index is 0.132. The highest BCUT2D eigenvalue weighted by Crippen LogP contribution is 2.37. The average molecular weight is 378 g/mol. The molecule has 0 unspecified atom stereocenters. The molecule has 0 amide bonds. The highest BCUT2D eigenvalue weighted by molar-refractivity contribution is 7.71. The molecule has 3 rings (SSSR count). The summed E-state index contributed by atoms with van der Waals surface area (Å²) in [6.45, 7) is 4.98. The van der Waals surface area contributed by atoms with Crippen molar-refractivity contribution in [3.05, 3.63) is 46.4 Å². The van der Waals surface area contributed by atoms with Crippen LogP contribution in [0, 0.1) is 18.6 Å². The van der Waals surface area contributed by atoms with Gasteiger partial charge >= 0.3 is 0 Å². The van der Waals surface area contributed by atoms with Crippen molar-refractivity contribution in [3.8, 4) is 11.6 Å². The van der Waals surface area contributed by atoms with E-state index in [-0.39, 0.29) is 4.77 Å². The number of hydrogen-bond donors (Lipinski definition) is 3. The Labute approximate surface area is 156 Å². The third-order valence-corrected chi connectivity index (χ3v) is 4.94. The van der Waals surface area contributed by atoms with Gasteiger partial charge < -0.3 is 24.8 Å². The van der Waals surface area contributed by atoms with Crippen molar-refractivity contribution in [1.82, 2.24) is 9.55 Å². The number of aryl methyl sites for hydroxylation is 2. The van der Waals surface area contributed by atoms with Crippen LogP contribution in [0.25, 0.3) is 0 Å². The molecule has 1 saturated heterocycles. The molecule has 0 spiro atoms. The van der Waals surface area contributed by atoms with Crippen molar-refractivity contribution in [3.63, 3.8) is 0 Å². The molecule has 1 aliphatic rings. The van der Waals surface area contributed by atoms with E-state index in [1.807, 2.05) is 32.0 Å². The Morgan fingerprint density at radius 2 is 1.92 bits per heavy atom. The first-order valence-electron chi connectivity index (χ1n) is 8.25. The Kier molecular flexibility index (Phi) is 5.14. The lowest BCUT2D eigenvalue weighted by molar-refractivity contribution is -0.117. The van der Waals surface area contributed by atoms with Crippen LogP contribution in [0.2, 0.25) is 0 Å². The summed E-state index contributed by atoms with van der Waals surface area (Å²) in [7, 11) is 0. The van der Waals surface area contributed by atoms with E-state index in [0.29, 0.717) is 11.6 Å². The zero-order chi connectivity index (χ0) is 19.1. The van der Waals surface area contributed by atoms with Gasteiger partial charge in [-0.2, -0.15) is 4.98 Å². The van der Waals surface area contributed by atoms with Crippen LogP contribution >= 0.6 is 12.2 Å². The molecular weight excluding hydrogens is 356 g/mol. The summed E-state index contributed by atoms with van der Waals surface area (Å²) in [5.74, 6) is 1.04. The Bertz CT molecular complexity index is 851. The number of rotatable bonds is 4. The van der Waals surface area contributed by atoms with Gasteiger partial charge in [0.15, 0.2) is 6.23 Å². The lowest BCUT2D eigenvalue weighted by Gasteiger charge is -2.24. The van der Waals surface area contributed by atoms with Gasteiger partial charge in [-0.1, -0.05) is 18.2 Å². The van der Waals surface area contributed by atoms with Gasteiger partial charge in [-0.05, 0) is 44.1 Å². The van der Waals surface area contributed by atoms with E-state index in [9.17, 15) is 15.3 Å². The Morgan fingerprint density at radius 1 is 1.27 bits per heavy atom. The SMILES string of the molecule is Cc1cccc(C)c1Oc1ccn([C@@H]2O[C@](C)(CO)[C@H](O)[C@@H]2O)c(=S)n1. The average Bonchev–Trinajstić information content (AvgIpc) is 2.83. The first kappa shape index (κ1) is 18.9. The van der Waals surface area contributed by atoms with E-state index < -0.39 is 30.6 Å². The zero-order valence-electron chi connectivity index (χ0n) is 14.8. The van der Waals surface area contributed by atoms with E-state index in [1.165, 1.54) is 11.5 Å². The highest BCUT2D eigenvalue weighted by Gasteiger charge is 2.51. The van der Waals surface area contributed by atoms with E-state index >= 15 is 0 Å². The molecular formula is C18H22N2O5S. The zero-order valence-corrected chi connectivity index (χ0v) is 15.6. The van der Waals surface area contributed by atoms with Gasteiger partial charge in [-0.15, -0.1) is 0 Å². The maximum Gasteiger partial charge on any atom is 0.223 e. The van der Waals surface area contributed by atoms with Gasteiger partial charge in [0, 0.05) is 12.3 Å². The molecule has 0 bridgehead atoms. The molecule has 1 aromatic carbocycles. The summed E-state index contributed by atoms with van der Waals surface area (Å²) < 4.78 is 13.1. The Balaban J connectivity index is 1.88. The molecule has 1 fully saturated rings. The molecule has 8 heteroatoms. The maximum atomic E-state index is 10.3. The topological polar surface area (TPSA) is 97.0 Å². The van der Waals surface area contributed by atoms with Crippen molar-refractivity contribution in [1.29, 1.82) is 0 Å². The van der Waals surface area contributed by atoms with Gasteiger partial charge in [-0.25, -0.2) is 0 Å². The fraction of sp³-hybridized carbons (Fsp3) is 0.444. The first-order chi connectivity index (χ1) is 12.3. The number of aromatic nitrogens is 2. The summed E-state index contributed by atoms with van der Waals surface area (Å²) in [6, 6.07) is 7.45. The normalized spacial score (nSPS) is 28.3. The lowest BCUT2D eigenvalue weighted by atomic mass is 9.99. The van der Waals surface area contributed by atoms with Crippen LogP contribution in [0.15, 0.2) is 30.5 Å². The van der Waals surface area contributed by atoms with Crippen LogP contribution in [-0.2, 0) is 4.74 Å². The van der Waals surface area contributed by atoms with Crippen molar-refractivity contribution >= 4 is 12.2 Å². The number of aliphatic hydroxyl groups is 3. The summed E-state index contributed by atoms with van der Waals surface area (Å²) in [5.41, 5.74) is 0.684. The van der Waals surface area contributed by atoms with Crippen LogP contribution in [0.1, 0.15) is 24.3 Å². The van der Waals surface area contributed by atoms with Crippen LogP contribution in [0.3, 0.4) is 0 Å². The molecule has 1 aromatic heterocycles. The van der Waals surface area contributed by atoms with Crippen molar-refractivity contribution in [2.24, 2.45) is 0 Å². The first-order valence-corrected chi connectivity index (χ1v) is 8.66. The Morgan fingerprint density at radius 3 is 2.46 bits per heavy atom. The highest BCUT2D eigenvalue weighted by atomic mass is 32.1. The number of hydrogen-bond acceptors (Lipinski definition) is 7. The minimum Gasteiger partial charge on any atom is -0.438 e. The molecule has 26 heavy (non-hydrogen) atoms. The van der Waals surface area contributed by atoms with E-state index in [2.05, 4.69) is 4.98 Å². The van der Waals surface area contributed by atoms with Crippen LogP contribution in [0.5, 0.6) is 11.6 Å². The molecule has 0 radical (unpaired) electrons. The molecule has 140 valence electrons. The second kappa shape index (κ2) is 7.05. The summed E-state index contributed by atoms with van der Waals surface area (Å²) in [6.07, 6.45) is -1.85. The number of aliphatic hydroxyl groups excluding tert-OH is 3. The molecule has 0 aliphatic carbocycles. The summed E-state index contributed by atoms with van der Waals surface area (Å²) in [5, 5.41) is 29.8. The molecule has 4 atom stereocenters. The number of nitrogens with zero attached hydrogens (tertiary/aromatic N) is 2. The van der Waals surface area contributed by atoms with Gasteiger partial charge in [0.25, 0.3) is 0 Å². The predicted octanol–water partition coefficient (Wildman–Crippen LogP) is 2.02. The maximum absolute atomic E-state index is 10.3. The molecule has 3 N–H and O–H groups in total. The predicted molar refractivity (Wildman–Crippen MR) is 96.7 cm³/mol. The minimum atomic E-state index is -1.27. The molecule has 1 aliphatic heterocycles. The third kappa shape index (κ3) is 3.26. The van der Waals surface area contributed by atoms with Crippen molar-refractivity contribution < 1.29 is 24.8 Å². The van der Waals surface area contributed by atoms with Crippen LogP contribution in [-0.4, -0.2) is 49.3 Å². The van der Waals surface area contributed by atoms with E-state index in [0.717, 1.165) is 11.1 Å². The smallest absolute Gasteiger partial charge is 0.223 e. The monoisotopic (exact) mass is 378 g/mol. The molecule has 2 heterocycles. The molecule has 7 nitrogen and oxygen atoms in total. The number of para-hydroxylation sites is 1. The number of ether oxygens (including phenoxy) is 2. The molecule has 0 saturated carbocycles. The van der Waals surface area contributed by atoms with Crippen LogP contribution < -0.4 is 4.74 Å². The van der Waals surface area contributed by atoms with E-state index in [1.54, 1.807) is 12.3 Å². The van der Waals surface area contributed by atoms with Crippen LogP contribution in [0.4, 0.5) is 0 Å². The summed E-state index contributed by atoms with van der Waals surface area (Å²) >= 11 is 5.30. The van der Waals surface area contributed by atoms with Crippen molar-refractivity contribution in [2.45, 2.75) is 44.8 Å². The van der Waals surface area contributed by atoms with Crippen molar-refractivity contribution in [2.75, 3.05) is 6.61 Å². The fourth-order valence-corrected chi connectivity index (χ4v) is 3.25. The number of benzene rings is 1. The second-order valence-electron chi connectivity index (χ2n) is 6.69. The largest absolute Gasteiger partial charge is 0.438 e. The van der Waals surface area contributed by atoms with Gasteiger partial charge in [0.05, 0.1) is 6.61 Å². The lowest BCUT2D eigenvalue weighted by Crippen LogP contribution is -2.43. The molecule has 2 aromatic rings. The fourth-order valence-electron chi connectivity index (χ4n) is 3.00. The van der Waals surface area contributed by atoms with E-state index in [4.69, 9.17) is 21.7 Å². The quantitative estimate of drug-likeness (QED) is 0.701. The third-order valence-electron chi connectivity index (χ3n) is 4.64. The van der Waals surface area contributed by atoms with Gasteiger partial charge in [0.1, 0.15) is 23.6 Å². The van der Waals surface area contributed by atoms with Gasteiger partial charge in [0.2, 0.25) is 10.7 Å². The summed E-state index contributed by atoms with van der Waals surface area (Å²) in [4.78, 5) is 4.25. The standard InChI is InChI=1S/C18H22N2O5S/c1-10-5-4-6-11(2)14(10)24-12-7-8-20(17(26)19-12)16-13(22)15(23)18(3,9-21)25-16/h4-8,13,15-16,21-23H,9H2,1-3H3/t13-,15+,16+,18+/m0/s1. The second-order valence-corrected chi connectivity index (χ2v) is 7.06. The van der Waals surface area contributed by atoms with Gasteiger partial charge in [-0.3, -0.25) is 4.57 Å². The Hall–Kier alpha value is -1.84.